The summed E-state index contributed by atoms with van der Waals surface area (Å²) < 4.78 is 13.3. The normalized spacial score (nSPS) is 16.7. The number of hydrazone groups is 1. The monoisotopic (exact) mass is 342 g/mol. The average molecular weight is 342 g/mol. The molecule has 1 aliphatic heterocycles. The van der Waals surface area contributed by atoms with E-state index in [-0.39, 0.29) is 11.7 Å². The van der Waals surface area contributed by atoms with Gasteiger partial charge in [0.2, 0.25) is 0 Å². The summed E-state index contributed by atoms with van der Waals surface area (Å²) in [6.07, 6.45) is 3.27. The van der Waals surface area contributed by atoms with Gasteiger partial charge < -0.3 is 0 Å². The number of nitrogens with zero attached hydrogens (tertiary/aromatic N) is 2. The van der Waals surface area contributed by atoms with E-state index in [9.17, 15) is 9.18 Å². The molecule has 6 heteroatoms. The zero-order valence-electron chi connectivity index (χ0n) is 11.8. The summed E-state index contributed by atoms with van der Waals surface area (Å²) >= 11 is 6.38. The van der Waals surface area contributed by atoms with Crippen LogP contribution in [0.5, 0.6) is 0 Å². The van der Waals surface area contributed by atoms with Crippen molar-refractivity contribution in [1.82, 2.24) is 5.01 Å². The molecular weight excluding hydrogens is 331 g/mol. The van der Waals surface area contributed by atoms with Gasteiger partial charge in [0.05, 0.1) is 11.1 Å². The van der Waals surface area contributed by atoms with Gasteiger partial charge in [0.1, 0.15) is 5.82 Å². The zero-order valence-corrected chi connectivity index (χ0v) is 13.5. The molecule has 114 valence electrons. The van der Waals surface area contributed by atoms with Crippen LogP contribution in [0.3, 0.4) is 0 Å². The van der Waals surface area contributed by atoms with Crippen molar-refractivity contribution in [2.45, 2.75) is 0 Å². The number of thiocarbonyl (C=S) groups is 1. The van der Waals surface area contributed by atoms with Gasteiger partial charge in [-0.05, 0) is 41.6 Å². The fourth-order valence-corrected chi connectivity index (χ4v) is 3.11. The SMILES string of the molecule is O=C1/C(=C\c2ccc(F)cc2)SC(=S)N1/N=C/c1ccccc1. The Bertz CT molecular complexity index is 801. The average Bonchev–Trinajstić information content (AvgIpc) is 2.82. The van der Waals surface area contributed by atoms with Gasteiger partial charge in [-0.15, -0.1) is 0 Å². The maximum atomic E-state index is 12.9. The maximum Gasteiger partial charge on any atom is 0.286 e. The second-order valence-electron chi connectivity index (χ2n) is 4.70. The van der Waals surface area contributed by atoms with Gasteiger partial charge in [-0.3, -0.25) is 4.79 Å². The fourth-order valence-electron chi connectivity index (χ4n) is 1.93. The number of carbonyl (C=O) groups is 1. The molecule has 1 fully saturated rings. The first-order chi connectivity index (χ1) is 11.1. The predicted octanol–water partition coefficient (Wildman–Crippen LogP) is 4.06. The zero-order chi connectivity index (χ0) is 16.2. The van der Waals surface area contributed by atoms with Gasteiger partial charge in [0, 0.05) is 0 Å². The molecule has 0 aliphatic carbocycles. The van der Waals surface area contributed by atoms with Crippen LogP contribution in [0.1, 0.15) is 11.1 Å². The lowest BCUT2D eigenvalue weighted by atomic mass is 10.2. The summed E-state index contributed by atoms with van der Waals surface area (Å²) in [6.45, 7) is 0. The lowest BCUT2D eigenvalue weighted by molar-refractivity contribution is -0.122. The molecule has 3 nitrogen and oxygen atoms in total. The van der Waals surface area contributed by atoms with Crippen molar-refractivity contribution in [2.75, 3.05) is 0 Å². The molecule has 1 heterocycles. The number of halogens is 1. The smallest absolute Gasteiger partial charge is 0.266 e. The van der Waals surface area contributed by atoms with E-state index in [1.807, 2.05) is 30.3 Å². The van der Waals surface area contributed by atoms with Gasteiger partial charge in [-0.2, -0.15) is 10.1 Å². The fraction of sp³-hybridized carbons (Fsp3) is 0. The first-order valence-electron chi connectivity index (χ1n) is 6.76. The molecular formula is C17H11FN2OS2. The molecule has 2 aromatic rings. The summed E-state index contributed by atoms with van der Waals surface area (Å²) in [5.41, 5.74) is 1.61. The van der Waals surface area contributed by atoms with E-state index in [0.29, 0.717) is 9.23 Å². The molecule has 0 bridgehead atoms. The van der Waals surface area contributed by atoms with Crippen LogP contribution >= 0.6 is 24.0 Å². The number of rotatable bonds is 3. The van der Waals surface area contributed by atoms with Gasteiger partial charge in [-0.25, -0.2) is 4.39 Å². The summed E-state index contributed by atoms with van der Waals surface area (Å²) in [7, 11) is 0. The Kier molecular flexibility index (Phi) is 4.64. The van der Waals surface area contributed by atoms with Crippen molar-refractivity contribution < 1.29 is 9.18 Å². The van der Waals surface area contributed by atoms with E-state index >= 15 is 0 Å². The van der Waals surface area contributed by atoms with Gasteiger partial charge in [0.15, 0.2) is 4.32 Å². The first kappa shape index (κ1) is 15.6. The predicted molar refractivity (Wildman–Crippen MR) is 95.4 cm³/mol. The summed E-state index contributed by atoms with van der Waals surface area (Å²) in [5, 5.41) is 5.35. The van der Waals surface area contributed by atoms with E-state index in [1.54, 1.807) is 24.4 Å². The van der Waals surface area contributed by atoms with E-state index in [4.69, 9.17) is 12.2 Å². The van der Waals surface area contributed by atoms with Crippen LogP contribution in [0.4, 0.5) is 4.39 Å². The highest BCUT2D eigenvalue weighted by Crippen LogP contribution is 2.32. The molecule has 0 atom stereocenters. The molecule has 23 heavy (non-hydrogen) atoms. The maximum absolute atomic E-state index is 12.9. The quantitative estimate of drug-likeness (QED) is 0.479. The Balaban J connectivity index is 1.80. The van der Waals surface area contributed by atoms with Crippen molar-refractivity contribution >= 4 is 46.5 Å². The topological polar surface area (TPSA) is 32.7 Å². The van der Waals surface area contributed by atoms with Crippen molar-refractivity contribution in [2.24, 2.45) is 5.10 Å². The Hall–Kier alpha value is -2.31. The van der Waals surface area contributed by atoms with Gasteiger partial charge >= 0.3 is 0 Å². The lowest BCUT2D eigenvalue weighted by Crippen LogP contribution is -2.22. The Morgan fingerprint density at radius 1 is 1.04 bits per heavy atom. The number of carbonyl (C=O) groups excluding carboxylic acids is 1. The van der Waals surface area contributed by atoms with Crippen molar-refractivity contribution in [3.8, 4) is 0 Å². The third-order valence-electron chi connectivity index (χ3n) is 3.06. The third kappa shape index (κ3) is 3.72. The van der Waals surface area contributed by atoms with Crippen molar-refractivity contribution in [1.29, 1.82) is 0 Å². The molecule has 1 aliphatic rings. The summed E-state index contributed by atoms with van der Waals surface area (Å²) in [5.74, 6) is -0.598. The minimum atomic E-state index is -0.317. The standard InChI is InChI=1S/C17H11FN2OS2/c18-14-8-6-12(7-9-14)10-15-16(21)20(17(22)23-15)19-11-13-4-2-1-3-5-13/h1-11H/b15-10+,19-11+. The van der Waals surface area contributed by atoms with E-state index < -0.39 is 0 Å². The minimum Gasteiger partial charge on any atom is -0.266 e. The van der Waals surface area contributed by atoms with Gasteiger partial charge in [-0.1, -0.05) is 54.2 Å². The van der Waals surface area contributed by atoms with Crippen LogP contribution in [0.15, 0.2) is 64.6 Å². The molecule has 0 unspecified atom stereocenters. The molecule has 0 aromatic heterocycles. The molecule has 0 N–H and O–H groups in total. The minimum absolute atomic E-state index is 0.281. The molecule has 0 radical (unpaired) electrons. The number of thioether (sulfide) groups is 1. The molecule has 1 amide bonds. The molecule has 1 saturated heterocycles. The Labute approximate surface area is 142 Å². The third-order valence-corrected chi connectivity index (χ3v) is 4.35. The van der Waals surface area contributed by atoms with E-state index in [1.165, 1.54) is 28.9 Å². The highest BCUT2D eigenvalue weighted by molar-refractivity contribution is 8.26. The van der Waals surface area contributed by atoms with Crippen molar-refractivity contribution in [3.05, 3.63) is 76.4 Å². The van der Waals surface area contributed by atoms with Crippen LogP contribution in [0, 0.1) is 5.82 Å². The molecule has 2 aromatic carbocycles. The van der Waals surface area contributed by atoms with Crippen LogP contribution in [-0.2, 0) is 4.79 Å². The number of benzene rings is 2. The highest BCUT2D eigenvalue weighted by Gasteiger charge is 2.31. The Morgan fingerprint density at radius 2 is 1.74 bits per heavy atom. The summed E-state index contributed by atoms with van der Waals surface area (Å²) in [6, 6.07) is 15.4. The van der Waals surface area contributed by atoms with E-state index in [2.05, 4.69) is 5.10 Å². The summed E-state index contributed by atoms with van der Waals surface area (Å²) in [4.78, 5) is 12.8. The van der Waals surface area contributed by atoms with Crippen LogP contribution in [0.25, 0.3) is 6.08 Å². The number of amides is 1. The van der Waals surface area contributed by atoms with Crippen LogP contribution < -0.4 is 0 Å². The van der Waals surface area contributed by atoms with Crippen molar-refractivity contribution in [3.63, 3.8) is 0 Å². The molecule has 0 saturated carbocycles. The largest absolute Gasteiger partial charge is 0.286 e. The van der Waals surface area contributed by atoms with Gasteiger partial charge in [0.25, 0.3) is 5.91 Å². The lowest BCUT2D eigenvalue weighted by Gasteiger charge is -2.05. The first-order valence-corrected chi connectivity index (χ1v) is 7.98. The molecule has 0 spiro atoms. The second kappa shape index (κ2) is 6.85. The highest BCUT2D eigenvalue weighted by atomic mass is 32.2. The number of hydrogen-bond acceptors (Lipinski definition) is 4. The van der Waals surface area contributed by atoms with Crippen LogP contribution in [-0.4, -0.2) is 21.5 Å². The van der Waals surface area contributed by atoms with E-state index in [0.717, 1.165) is 11.1 Å². The number of hydrogen-bond donors (Lipinski definition) is 0. The Morgan fingerprint density at radius 3 is 2.43 bits per heavy atom. The molecule has 3 rings (SSSR count). The second-order valence-corrected chi connectivity index (χ2v) is 6.38. The van der Waals surface area contributed by atoms with Crippen LogP contribution in [0.2, 0.25) is 0 Å².